The van der Waals surface area contributed by atoms with Gasteiger partial charge in [0.2, 0.25) is 6.23 Å². The van der Waals surface area contributed by atoms with E-state index >= 15 is 0 Å². The van der Waals surface area contributed by atoms with Crippen LogP contribution in [0.4, 0.5) is 19.4 Å². The summed E-state index contributed by atoms with van der Waals surface area (Å²) in [7, 11) is 0. The van der Waals surface area contributed by atoms with E-state index in [4.69, 9.17) is 14.2 Å². The van der Waals surface area contributed by atoms with Crippen LogP contribution in [-0.4, -0.2) is 56.2 Å². The fourth-order valence-corrected chi connectivity index (χ4v) is 6.05. The monoisotopic (exact) mass is 685 g/mol. The highest BCUT2D eigenvalue weighted by atomic mass is 19.3. The van der Waals surface area contributed by atoms with Crippen LogP contribution in [0, 0.1) is 6.92 Å². The zero-order valence-corrected chi connectivity index (χ0v) is 29.2. The summed E-state index contributed by atoms with van der Waals surface area (Å²) in [5.41, 5.74) is 4.42. The zero-order chi connectivity index (χ0) is 35.9. The van der Waals surface area contributed by atoms with Gasteiger partial charge in [-0.25, -0.2) is 9.59 Å². The van der Waals surface area contributed by atoms with Gasteiger partial charge >= 0.3 is 17.7 Å². The molecule has 1 aromatic carbocycles. The van der Waals surface area contributed by atoms with Crippen molar-refractivity contribution in [1.82, 2.24) is 9.55 Å². The molecule has 1 amide bonds. The van der Waals surface area contributed by atoms with Crippen LogP contribution >= 0.6 is 0 Å². The van der Waals surface area contributed by atoms with E-state index in [0.717, 1.165) is 80.5 Å². The van der Waals surface area contributed by atoms with Gasteiger partial charge in [0.05, 0.1) is 6.61 Å². The first-order valence-electron chi connectivity index (χ1n) is 16.8. The van der Waals surface area contributed by atoms with Gasteiger partial charge in [-0.2, -0.15) is 13.8 Å². The summed E-state index contributed by atoms with van der Waals surface area (Å²) >= 11 is 0. The molecule has 1 aromatic heterocycles. The molecule has 10 nitrogen and oxygen atoms in total. The number of aromatic nitrogens is 2. The number of nitrogens with zero attached hydrogens (tertiary/aromatic N) is 2. The van der Waals surface area contributed by atoms with Crippen molar-refractivity contribution in [3.05, 3.63) is 81.0 Å². The number of alkyl halides is 2. The molecule has 3 heterocycles. The number of carbonyl (C=O) groups excluding carboxylic acids is 1. The van der Waals surface area contributed by atoms with Crippen molar-refractivity contribution in [3.63, 3.8) is 0 Å². The van der Waals surface area contributed by atoms with Gasteiger partial charge < -0.3 is 24.4 Å². The first kappa shape index (κ1) is 37.9. The van der Waals surface area contributed by atoms with Crippen LogP contribution in [0.25, 0.3) is 0 Å². The van der Waals surface area contributed by atoms with Gasteiger partial charge in [-0.05, 0) is 122 Å². The summed E-state index contributed by atoms with van der Waals surface area (Å²) in [4.78, 5) is 28.8. The van der Waals surface area contributed by atoms with Gasteiger partial charge in [0, 0.05) is 6.20 Å². The molecule has 2 aliphatic rings. The maximum atomic E-state index is 14.5. The summed E-state index contributed by atoms with van der Waals surface area (Å²) in [6.07, 6.45) is 8.53. The van der Waals surface area contributed by atoms with Crippen LogP contribution in [0.2, 0.25) is 0 Å². The maximum Gasteiger partial charge on any atom is 0.418 e. The van der Waals surface area contributed by atoms with Crippen molar-refractivity contribution in [2.24, 2.45) is 0 Å². The van der Waals surface area contributed by atoms with Gasteiger partial charge in [-0.3, -0.25) is 9.88 Å². The number of amides is 1. The van der Waals surface area contributed by atoms with E-state index in [1.54, 1.807) is 12.1 Å². The number of benzene rings is 1. The van der Waals surface area contributed by atoms with Gasteiger partial charge in [-0.15, -0.1) is 0 Å². The molecule has 1 saturated heterocycles. The van der Waals surface area contributed by atoms with Gasteiger partial charge in [0.1, 0.15) is 29.0 Å². The van der Waals surface area contributed by atoms with Crippen molar-refractivity contribution in [2.45, 2.75) is 123 Å². The number of nitrogens with one attached hydrogen (secondary N) is 1. The number of hydrogen-bond acceptors (Lipinski definition) is 8. The lowest BCUT2D eigenvalue weighted by Gasteiger charge is -2.37. The molecule has 4 atom stereocenters. The molecule has 3 N–H and O–H groups in total. The number of aliphatic hydroxyl groups is 2. The van der Waals surface area contributed by atoms with E-state index in [2.05, 4.69) is 63.1 Å². The van der Waals surface area contributed by atoms with Crippen LogP contribution in [-0.2, 0) is 11.2 Å². The third-order valence-electron chi connectivity index (χ3n) is 8.97. The molecule has 0 bridgehead atoms. The average molecular weight is 686 g/mol. The summed E-state index contributed by atoms with van der Waals surface area (Å²) in [5.74, 6) is -3.03. The predicted molar refractivity (Wildman–Crippen MR) is 183 cm³/mol. The van der Waals surface area contributed by atoms with Crippen LogP contribution in [0.1, 0.15) is 96.9 Å². The van der Waals surface area contributed by atoms with E-state index in [-0.39, 0.29) is 17.2 Å². The lowest BCUT2D eigenvalue weighted by Crippen LogP contribution is -2.41. The molecule has 0 saturated carbocycles. The minimum Gasteiger partial charge on any atom is -0.487 e. The summed E-state index contributed by atoms with van der Waals surface area (Å²) in [5, 5.41) is 21.2. The fraction of sp³-hybridized carbons (Fsp3) is 0.541. The molecule has 2 aromatic rings. The van der Waals surface area contributed by atoms with Crippen LogP contribution < -0.4 is 20.5 Å². The quantitative estimate of drug-likeness (QED) is 0.187. The topological polar surface area (TPSA) is 132 Å². The smallest absolute Gasteiger partial charge is 0.418 e. The number of anilines is 1. The Kier molecular flexibility index (Phi) is 12.6. The normalized spacial score (nSPS) is 23.4. The van der Waals surface area contributed by atoms with Crippen molar-refractivity contribution < 1.29 is 38.0 Å². The highest BCUT2D eigenvalue weighted by molar-refractivity contribution is 5.85. The Morgan fingerprint density at radius 2 is 1.80 bits per heavy atom. The lowest BCUT2D eigenvalue weighted by molar-refractivity contribution is -0.140. The number of rotatable bonds is 13. The Morgan fingerprint density at radius 1 is 1.12 bits per heavy atom. The Hall–Kier alpha value is -3.87. The van der Waals surface area contributed by atoms with E-state index in [0.29, 0.717) is 4.57 Å². The molecule has 1 fully saturated rings. The Morgan fingerprint density at radius 3 is 2.43 bits per heavy atom. The minimum atomic E-state index is -3.85. The second-order valence-corrected chi connectivity index (χ2v) is 13.6. The fourth-order valence-electron chi connectivity index (χ4n) is 6.05. The molecular weight excluding hydrogens is 636 g/mol. The van der Waals surface area contributed by atoms with Crippen LogP contribution in [0.15, 0.2) is 64.1 Å². The number of aliphatic hydroxyl groups excluding tert-OH is 2. The molecule has 4 unspecified atom stereocenters. The largest absolute Gasteiger partial charge is 0.487 e. The van der Waals surface area contributed by atoms with E-state index in [9.17, 15) is 28.6 Å². The van der Waals surface area contributed by atoms with Crippen LogP contribution in [0.3, 0.4) is 0 Å². The first-order valence-corrected chi connectivity index (χ1v) is 16.8. The predicted octanol–water partition coefficient (Wildman–Crippen LogP) is 7.33. The highest BCUT2D eigenvalue weighted by Crippen LogP contribution is 2.42. The Labute approximate surface area is 286 Å². The number of halogens is 2. The third-order valence-corrected chi connectivity index (χ3v) is 8.97. The molecule has 0 spiro atoms. The van der Waals surface area contributed by atoms with E-state index < -0.39 is 42.7 Å². The summed E-state index contributed by atoms with van der Waals surface area (Å²) in [6, 6.07) is 4.56. The number of carbonyl (C=O) groups is 1. The lowest BCUT2D eigenvalue weighted by atomic mass is 9.87. The van der Waals surface area contributed by atoms with Gasteiger partial charge in [-0.1, -0.05) is 34.9 Å². The summed E-state index contributed by atoms with van der Waals surface area (Å²) < 4.78 is 46.4. The third kappa shape index (κ3) is 9.86. The Bertz CT molecular complexity index is 1650. The molecule has 2 aliphatic heterocycles. The maximum absolute atomic E-state index is 14.5. The summed E-state index contributed by atoms with van der Waals surface area (Å²) in [6.45, 7) is 11.8. The average Bonchev–Trinajstić information content (AvgIpc) is 3.25. The highest BCUT2D eigenvalue weighted by Gasteiger charge is 2.59. The van der Waals surface area contributed by atoms with Gasteiger partial charge in [0.25, 0.3) is 0 Å². The number of ether oxygens (including phenoxy) is 3. The van der Waals surface area contributed by atoms with Crippen molar-refractivity contribution in [1.29, 1.82) is 0 Å². The second kappa shape index (κ2) is 16.2. The molecule has 268 valence electrons. The van der Waals surface area contributed by atoms with Gasteiger partial charge in [0.15, 0.2) is 6.10 Å². The van der Waals surface area contributed by atoms with Crippen LogP contribution in [0.5, 0.6) is 11.5 Å². The number of aryl methyl sites for hydroxylation is 2. The van der Waals surface area contributed by atoms with E-state index in [1.165, 1.54) is 16.7 Å². The number of hydrogen-bond donors (Lipinski definition) is 3. The Balaban J connectivity index is 1.29. The van der Waals surface area contributed by atoms with Crippen molar-refractivity contribution >= 4 is 11.9 Å². The molecule has 4 rings (SSSR count). The minimum absolute atomic E-state index is 0.230. The molecule has 12 heteroatoms. The van der Waals surface area contributed by atoms with Crippen molar-refractivity contribution in [3.8, 4) is 11.5 Å². The standard InChI is InChI=1S/C37H49F2N3O7/c1-23(2)10-7-11-24(3)12-8-13-25(4)14-9-17-36(6)18-15-27-21-28(20-26(5)31(27)49-36)47-35(46)41-30-16-19-42(34(45)40-30)33-37(38,39)32(44)29(22-43)48-33/h10,12,14,16,19-21,29,32-33,43-44H,7-9,11,13,15,17-18,22H2,1-6H3,(H,40,41,45,46)/b24-12+,25-14+. The van der Waals surface area contributed by atoms with E-state index in [1.807, 2.05) is 6.92 Å². The molecule has 0 aliphatic carbocycles. The van der Waals surface area contributed by atoms with Crippen molar-refractivity contribution in [2.75, 3.05) is 11.9 Å². The molecular formula is C37H49F2N3O7. The SMILES string of the molecule is CC(C)=CCC/C(C)=C/CC/C(C)=C/CCC1(C)CCc2cc(OC(=O)Nc3ccn(C4OC(CO)C(O)C4(F)F)c(=O)n3)cc(C)c2O1. The number of allylic oxidation sites excluding steroid dienone is 6. The zero-order valence-electron chi connectivity index (χ0n) is 29.2. The molecule has 0 radical (unpaired) electrons. The number of fused-ring (bicyclic) bond motifs is 1. The first-order chi connectivity index (χ1) is 23.1. The second-order valence-electron chi connectivity index (χ2n) is 13.6. The molecule has 49 heavy (non-hydrogen) atoms.